The van der Waals surface area contributed by atoms with Gasteiger partial charge in [-0.1, -0.05) is 54.8 Å². The number of β-amino-alcohol motifs (C(OH)–C–C–N with tert-alkyl or cyclic N) is 1. The zero-order valence-corrected chi connectivity index (χ0v) is 38.8. The zero-order chi connectivity index (χ0) is 46.6. The molecule has 2 aliphatic heterocycles. The van der Waals surface area contributed by atoms with Crippen molar-refractivity contribution in [3.8, 4) is 11.5 Å². The normalized spacial score (nSPS) is 19.2. The highest BCUT2D eigenvalue weighted by molar-refractivity contribution is 7.89. The summed E-state index contributed by atoms with van der Waals surface area (Å²) >= 11 is 0. The van der Waals surface area contributed by atoms with Crippen LogP contribution in [0.5, 0.6) is 11.5 Å². The number of nitrogens with zero attached hydrogens (tertiary/aromatic N) is 4. The minimum absolute atomic E-state index is 0.0842. The molecule has 4 heterocycles. The van der Waals surface area contributed by atoms with Crippen molar-refractivity contribution in [2.24, 2.45) is 22.9 Å². The van der Waals surface area contributed by atoms with Crippen LogP contribution in [0.3, 0.4) is 0 Å². The molecule has 1 saturated carbocycles. The Morgan fingerprint density at radius 2 is 1.30 bits per heavy atom. The minimum atomic E-state index is -3.68. The second kappa shape index (κ2) is 22.8. The molecule has 3 fully saturated rings. The first-order valence-electron chi connectivity index (χ1n) is 23.4. The lowest BCUT2D eigenvalue weighted by atomic mass is 9.70. The summed E-state index contributed by atoms with van der Waals surface area (Å²) in [6.45, 7) is 7.62. The van der Waals surface area contributed by atoms with Crippen molar-refractivity contribution < 1.29 is 37.6 Å². The highest BCUT2D eigenvalue weighted by Gasteiger charge is 2.48. The van der Waals surface area contributed by atoms with E-state index >= 15 is 0 Å². The largest absolute Gasteiger partial charge is 0.494 e. The van der Waals surface area contributed by atoms with Gasteiger partial charge in [-0.05, 0) is 168 Å². The summed E-state index contributed by atoms with van der Waals surface area (Å²) in [6, 6.07) is 31.4. The molecule has 1 aliphatic carbocycles. The zero-order valence-electron chi connectivity index (χ0n) is 38.0. The van der Waals surface area contributed by atoms with Crippen LogP contribution in [0, 0.1) is 30.5 Å². The summed E-state index contributed by atoms with van der Waals surface area (Å²) in [7, 11) is -3.68. The predicted octanol–water partition coefficient (Wildman–Crippen LogP) is 7.20. The van der Waals surface area contributed by atoms with Crippen molar-refractivity contribution in [2.45, 2.75) is 86.9 Å². The van der Waals surface area contributed by atoms with Crippen LogP contribution in [0.1, 0.15) is 80.3 Å². The number of benzene rings is 3. The molecule has 5 aromatic rings. The van der Waals surface area contributed by atoms with Crippen molar-refractivity contribution in [3.05, 3.63) is 150 Å². The van der Waals surface area contributed by atoms with E-state index in [-0.39, 0.29) is 29.2 Å². The van der Waals surface area contributed by atoms with Crippen molar-refractivity contribution >= 4 is 10.0 Å². The molecule has 8 rings (SSSR count). The Kier molecular flexibility index (Phi) is 17.0. The number of piperidine rings is 2. The van der Waals surface area contributed by atoms with Crippen LogP contribution in [0.4, 0.5) is 4.39 Å². The van der Waals surface area contributed by atoms with Gasteiger partial charge in [0.25, 0.3) is 0 Å². The lowest BCUT2D eigenvalue weighted by molar-refractivity contribution is -0.0965. The van der Waals surface area contributed by atoms with E-state index in [1.165, 1.54) is 37.1 Å². The molecule has 0 amide bonds. The number of aryl methyl sites for hydroxylation is 1. The molecule has 354 valence electrons. The lowest BCUT2D eigenvalue weighted by Gasteiger charge is -2.44. The van der Waals surface area contributed by atoms with Crippen LogP contribution in [-0.4, -0.2) is 102 Å². The molecular formula is C52H66FN5O7S. The van der Waals surface area contributed by atoms with Crippen LogP contribution in [0.2, 0.25) is 0 Å². The third-order valence-electron chi connectivity index (χ3n) is 13.7. The fourth-order valence-electron chi connectivity index (χ4n) is 10.1. The van der Waals surface area contributed by atoms with Crippen molar-refractivity contribution in [1.29, 1.82) is 0 Å². The molecule has 0 radical (unpaired) electrons. The van der Waals surface area contributed by atoms with Gasteiger partial charge in [0.1, 0.15) is 41.2 Å². The fourth-order valence-corrected chi connectivity index (χ4v) is 10.7. The maximum Gasteiger partial charge on any atom is 0.238 e. The summed E-state index contributed by atoms with van der Waals surface area (Å²) in [5, 5.41) is 39.4. The third-order valence-corrected chi connectivity index (χ3v) is 14.7. The summed E-state index contributed by atoms with van der Waals surface area (Å²) in [5.74, 6) is 1.42. The Balaban J connectivity index is 0.000000196. The smallest absolute Gasteiger partial charge is 0.238 e. The molecule has 3 aromatic carbocycles. The van der Waals surface area contributed by atoms with Gasteiger partial charge in [-0.2, -0.15) is 0 Å². The van der Waals surface area contributed by atoms with E-state index in [0.29, 0.717) is 48.9 Å². The van der Waals surface area contributed by atoms with Gasteiger partial charge in [0.2, 0.25) is 10.0 Å². The van der Waals surface area contributed by atoms with Crippen molar-refractivity contribution in [2.75, 3.05) is 52.5 Å². The van der Waals surface area contributed by atoms with E-state index in [1.54, 1.807) is 48.8 Å². The first-order chi connectivity index (χ1) is 31.8. The molecule has 2 saturated heterocycles. The third kappa shape index (κ3) is 12.6. The first kappa shape index (κ1) is 49.1. The van der Waals surface area contributed by atoms with E-state index in [4.69, 9.17) is 14.6 Å². The minimum Gasteiger partial charge on any atom is -0.494 e. The molecule has 0 spiro atoms. The Morgan fingerprint density at radius 1 is 0.727 bits per heavy atom. The Labute approximate surface area is 389 Å². The molecule has 66 heavy (non-hydrogen) atoms. The number of ether oxygens (including phenoxy) is 2. The number of aliphatic hydroxyl groups excluding tert-OH is 1. The van der Waals surface area contributed by atoms with Crippen LogP contribution in [-0.2, 0) is 21.2 Å². The predicted molar refractivity (Wildman–Crippen MR) is 253 cm³/mol. The Morgan fingerprint density at radius 3 is 1.91 bits per heavy atom. The average Bonchev–Trinajstić information content (AvgIpc) is 3.90. The number of primary sulfonamides is 1. The van der Waals surface area contributed by atoms with Crippen molar-refractivity contribution in [3.63, 3.8) is 0 Å². The molecule has 2 unspecified atom stereocenters. The van der Waals surface area contributed by atoms with Crippen LogP contribution >= 0.6 is 0 Å². The summed E-state index contributed by atoms with van der Waals surface area (Å²) in [6.07, 6.45) is 11.6. The molecule has 3 aliphatic rings. The van der Waals surface area contributed by atoms with E-state index in [0.717, 1.165) is 81.8 Å². The maximum atomic E-state index is 14.0. The second-order valence-electron chi connectivity index (χ2n) is 18.2. The lowest BCUT2D eigenvalue weighted by Crippen LogP contribution is -2.47. The number of sulfonamides is 1. The molecule has 2 aromatic heterocycles. The molecule has 12 nitrogen and oxygen atoms in total. The number of pyridine rings is 2. The van der Waals surface area contributed by atoms with Gasteiger partial charge < -0.3 is 34.6 Å². The Bertz CT molecular complexity index is 2340. The molecule has 14 heteroatoms. The SMILES string of the molecule is Cc1ccc(OCC(O)CN2CCC(C(O)(c3cccc(F)c3)c3ccccn3)CC2)cc1.NS(=O)(=O)c1ccc(OCCCN2CCC([C@](O)(c3ccccn3)C3CCCC3)CC2)cc1. The van der Waals surface area contributed by atoms with E-state index < -0.39 is 27.3 Å². The van der Waals surface area contributed by atoms with Gasteiger partial charge in [-0.15, -0.1) is 0 Å². The number of aromatic nitrogens is 2. The highest BCUT2D eigenvalue weighted by atomic mass is 32.2. The fraction of sp³-hybridized carbons (Fsp3) is 0.462. The van der Waals surface area contributed by atoms with Gasteiger partial charge in [-0.3, -0.25) is 9.97 Å². The number of hydrogen-bond donors (Lipinski definition) is 4. The number of aliphatic hydroxyl groups is 3. The van der Waals surface area contributed by atoms with Crippen LogP contribution in [0.25, 0.3) is 0 Å². The standard InChI is InChI=1S/C27H31FN2O3.C25H35N3O4S/c1-20-8-10-25(11-9-20)33-19-24(31)18-30-15-12-21(13-16-30)27(32,26-7-2-3-14-29-26)22-5-4-6-23(28)17-22;26-33(30,31)23-11-9-22(10-12-23)32-19-5-16-28-17-13-21(14-18-28)25(29,20-6-1-2-7-20)24-8-3-4-15-27-24/h2-11,14,17,21,24,31-32H,12-13,15-16,18-19H2,1H3;3-4,8-12,15,20-21,29H,1-2,5-7,13-14,16-19H2,(H2,26,30,31)/t;25-/m.0/s1. The summed E-state index contributed by atoms with van der Waals surface area (Å²) < 4.78 is 48.1. The highest BCUT2D eigenvalue weighted by Crippen LogP contribution is 2.48. The van der Waals surface area contributed by atoms with Crippen LogP contribution < -0.4 is 14.6 Å². The molecular weight excluding hydrogens is 858 g/mol. The van der Waals surface area contributed by atoms with Crippen molar-refractivity contribution in [1.82, 2.24) is 19.8 Å². The molecule has 5 N–H and O–H groups in total. The van der Waals surface area contributed by atoms with Gasteiger partial charge in [-0.25, -0.2) is 17.9 Å². The van der Waals surface area contributed by atoms with E-state index in [9.17, 15) is 28.1 Å². The second-order valence-corrected chi connectivity index (χ2v) is 19.8. The van der Waals surface area contributed by atoms with Gasteiger partial charge >= 0.3 is 0 Å². The number of halogens is 1. The number of likely N-dealkylation sites (tertiary alicyclic amines) is 2. The monoisotopic (exact) mass is 923 g/mol. The number of hydrogen-bond acceptors (Lipinski definition) is 11. The first-order valence-corrected chi connectivity index (χ1v) is 25.0. The summed E-state index contributed by atoms with van der Waals surface area (Å²) in [5.41, 5.74) is 0.859. The number of nitrogens with two attached hydrogens (primary N) is 1. The van der Waals surface area contributed by atoms with E-state index in [1.807, 2.05) is 55.5 Å². The number of rotatable bonds is 17. The maximum absolute atomic E-state index is 14.0. The Hall–Kier alpha value is -4.80. The van der Waals surface area contributed by atoms with E-state index in [2.05, 4.69) is 19.8 Å². The topological polar surface area (TPSA) is 172 Å². The summed E-state index contributed by atoms with van der Waals surface area (Å²) in [4.78, 5) is 13.7. The van der Waals surface area contributed by atoms with Gasteiger partial charge in [0, 0.05) is 31.4 Å². The van der Waals surface area contributed by atoms with Gasteiger partial charge in [0.05, 0.1) is 22.9 Å². The molecule has 3 atom stereocenters. The molecule has 0 bridgehead atoms. The quantitative estimate of drug-likeness (QED) is 0.0696. The van der Waals surface area contributed by atoms with Crippen LogP contribution in [0.15, 0.2) is 126 Å². The van der Waals surface area contributed by atoms with Gasteiger partial charge in [0.15, 0.2) is 0 Å². The average molecular weight is 924 g/mol.